The van der Waals surface area contributed by atoms with E-state index in [9.17, 15) is 66.4 Å². The molecule has 28 atom stereocenters. The summed E-state index contributed by atoms with van der Waals surface area (Å²) in [7, 11) is 0. The molecule has 13 N–H and O–H groups in total. The molecule has 8 aliphatic rings. The van der Waals surface area contributed by atoms with Gasteiger partial charge in [-0.15, -0.1) is 0 Å². The van der Waals surface area contributed by atoms with Crippen LogP contribution in [-0.2, 0) is 37.9 Å². The highest BCUT2D eigenvalue weighted by Gasteiger charge is 2.70. The summed E-state index contributed by atoms with van der Waals surface area (Å²) in [6.45, 7) is 15.2. The first-order chi connectivity index (χ1) is 34.7. The van der Waals surface area contributed by atoms with Crippen molar-refractivity contribution in [3.8, 4) is 0 Å². The SMILES string of the molecule is CC(C)=CCC[C@@](O)(CO[C@@H]1O[C@H](CO)[C@@H](O)[C@H](O)[C@H]1O)[C@H]1CC[C@]2(C)[C@@H]1CC[C@@H]1[C@@]3(C)CC[C@H](O[C@@H]4O[C@H](CO)[C@@H](O)[C@H](O[C@@H]5OC[C@@H](O)[C@H](O)[C@H]5O)[C@H]4O[C@@H]4O[C@@H](C)[C@H](O)[C@@H](O)[C@H]4O)C(C)(C)[C@H]3CC[C@]12C. The van der Waals surface area contributed by atoms with Crippen molar-refractivity contribution in [3.05, 3.63) is 11.6 Å². The van der Waals surface area contributed by atoms with Crippen molar-refractivity contribution in [1.82, 2.24) is 0 Å². The fourth-order valence-electron chi connectivity index (χ4n) is 16.0. The molecule has 74 heavy (non-hydrogen) atoms. The lowest BCUT2D eigenvalue weighted by Gasteiger charge is -2.70. The number of aliphatic hydroxyl groups excluding tert-OH is 12. The molecule has 4 aliphatic carbocycles. The van der Waals surface area contributed by atoms with E-state index in [1.807, 2.05) is 13.8 Å². The molecule has 0 amide bonds. The quantitative estimate of drug-likeness (QED) is 0.0724. The Morgan fingerprint density at radius 3 is 1.88 bits per heavy atom. The molecule has 4 saturated carbocycles. The summed E-state index contributed by atoms with van der Waals surface area (Å²) >= 11 is 0. The zero-order valence-electron chi connectivity index (χ0n) is 44.4. The van der Waals surface area contributed by atoms with Crippen LogP contribution in [0.15, 0.2) is 11.6 Å². The maximum atomic E-state index is 12.9. The van der Waals surface area contributed by atoms with Crippen molar-refractivity contribution >= 4 is 0 Å². The number of ether oxygens (including phenoxy) is 8. The fourth-order valence-corrected chi connectivity index (χ4v) is 16.0. The second-order valence-electron chi connectivity index (χ2n) is 25.1. The van der Waals surface area contributed by atoms with Gasteiger partial charge < -0.3 is 104 Å². The lowest BCUT2D eigenvalue weighted by molar-refractivity contribution is -0.395. The largest absolute Gasteiger partial charge is 0.394 e. The van der Waals surface area contributed by atoms with E-state index in [4.69, 9.17) is 37.9 Å². The first kappa shape index (κ1) is 59.0. The van der Waals surface area contributed by atoms with Gasteiger partial charge in [-0.25, -0.2) is 0 Å². The van der Waals surface area contributed by atoms with Crippen molar-refractivity contribution in [1.29, 1.82) is 0 Å². The summed E-state index contributed by atoms with van der Waals surface area (Å²) in [6, 6.07) is 0. The van der Waals surface area contributed by atoms with Gasteiger partial charge in [-0.2, -0.15) is 0 Å². The minimum Gasteiger partial charge on any atom is -0.394 e. The van der Waals surface area contributed by atoms with Crippen LogP contribution < -0.4 is 0 Å². The summed E-state index contributed by atoms with van der Waals surface area (Å²) < 4.78 is 49.2. The maximum Gasteiger partial charge on any atom is 0.187 e. The molecular formula is C53H90O21. The van der Waals surface area contributed by atoms with Crippen molar-refractivity contribution in [2.75, 3.05) is 26.4 Å². The predicted octanol–water partition coefficient (Wildman–Crippen LogP) is -0.534. The number of aliphatic hydroxyl groups is 13. The van der Waals surface area contributed by atoms with Gasteiger partial charge in [0.05, 0.1) is 44.2 Å². The third-order valence-electron chi connectivity index (χ3n) is 20.4. The minimum absolute atomic E-state index is 0.129. The molecule has 0 aromatic rings. The van der Waals surface area contributed by atoms with Gasteiger partial charge in [-0.05, 0) is 130 Å². The van der Waals surface area contributed by atoms with E-state index in [2.05, 4.69) is 40.7 Å². The second kappa shape index (κ2) is 22.4. The molecule has 0 aromatic heterocycles. The molecule has 21 nitrogen and oxygen atoms in total. The highest BCUT2D eigenvalue weighted by Crippen LogP contribution is 2.76. The molecule has 8 fully saturated rings. The van der Waals surface area contributed by atoms with Gasteiger partial charge in [0.1, 0.15) is 85.5 Å². The van der Waals surface area contributed by atoms with Crippen molar-refractivity contribution < 1.29 is 104 Å². The van der Waals surface area contributed by atoms with E-state index in [-0.39, 0.29) is 46.5 Å². The number of fused-ring (bicyclic) bond motifs is 5. The Labute approximate surface area is 434 Å². The first-order valence-corrected chi connectivity index (χ1v) is 27.2. The average molecular weight is 1060 g/mol. The molecule has 0 aromatic carbocycles. The summed E-state index contributed by atoms with van der Waals surface area (Å²) in [5, 5.41) is 141. The highest BCUT2D eigenvalue weighted by atomic mass is 16.8. The van der Waals surface area contributed by atoms with Crippen LogP contribution in [0.3, 0.4) is 0 Å². The van der Waals surface area contributed by atoms with Crippen LogP contribution in [0.2, 0.25) is 0 Å². The van der Waals surface area contributed by atoms with Crippen molar-refractivity contribution in [3.63, 3.8) is 0 Å². The Morgan fingerprint density at radius 1 is 0.595 bits per heavy atom. The molecule has 0 spiro atoms. The van der Waals surface area contributed by atoms with Crippen LogP contribution in [0.25, 0.3) is 0 Å². The van der Waals surface area contributed by atoms with Crippen LogP contribution in [-0.4, -0.2) is 221 Å². The van der Waals surface area contributed by atoms with Crippen LogP contribution in [0.5, 0.6) is 0 Å². The van der Waals surface area contributed by atoms with Gasteiger partial charge in [0.25, 0.3) is 0 Å². The average Bonchev–Trinajstić information content (AvgIpc) is 3.72. The Kier molecular flexibility index (Phi) is 17.9. The monoisotopic (exact) mass is 1060 g/mol. The summed E-state index contributed by atoms with van der Waals surface area (Å²) in [5.74, 6) is 0.389. The van der Waals surface area contributed by atoms with Crippen molar-refractivity contribution in [2.24, 2.45) is 45.3 Å². The minimum atomic E-state index is -1.78. The van der Waals surface area contributed by atoms with Gasteiger partial charge in [0.2, 0.25) is 0 Å². The van der Waals surface area contributed by atoms with Gasteiger partial charge in [0.15, 0.2) is 25.2 Å². The summed E-state index contributed by atoms with van der Waals surface area (Å²) in [5.41, 5.74) is -1.22. The first-order valence-electron chi connectivity index (χ1n) is 27.2. The Bertz CT molecular complexity index is 1910. The normalized spacial score (nSPS) is 52.3. The molecule has 0 radical (unpaired) electrons. The van der Waals surface area contributed by atoms with Crippen LogP contribution in [0.1, 0.15) is 120 Å². The Hall–Kier alpha value is -1.10. The maximum absolute atomic E-state index is 12.9. The molecule has 4 heterocycles. The lowest BCUT2D eigenvalue weighted by atomic mass is 9.35. The standard InChI is InChI=1S/C53H90O21/c1-24(2)10-9-16-53(66,23-68-46-41(64)39(62)36(59)29(20-54)70-46)27-13-18-51(7)26(27)11-12-32-50(6)17-15-33(49(4,5)31(50)14-19-52(32,51)8)72-48-44(74-47-42(65)38(61)34(57)25(3)69-47)43(37(60)30(21-55)71-48)73-45-40(63)35(58)28(56)22-67-45/h10,25-48,54-66H,9,11-23H2,1-8H3/t25-,26+,27-,28+,29+,30+,31+,32+,33-,34-,35-,36+,37+,38+,39-,40+,41+,42+,43-,44+,45-,46+,47-,48-,50-,51+,52+,53+/m0/s1. The molecule has 4 saturated heterocycles. The lowest BCUT2D eigenvalue weighted by Crippen LogP contribution is -2.67. The highest BCUT2D eigenvalue weighted by molar-refractivity contribution is 5.19. The molecular weight excluding hydrogens is 973 g/mol. The fraction of sp³-hybridized carbons (Fsp3) is 0.962. The van der Waals surface area contributed by atoms with Crippen LogP contribution >= 0.6 is 0 Å². The van der Waals surface area contributed by atoms with Crippen molar-refractivity contribution in [2.45, 2.75) is 248 Å². The summed E-state index contributed by atoms with van der Waals surface area (Å²) in [4.78, 5) is 0. The molecule has 0 unspecified atom stereocenters. The topological polar surface area (TPSA) is 337 Å². The van der Waals surface area contributed by atoms with Gasteiger partial charge in [0, 0.05) is 0 Å². The third-order valence-corrected chi connectivity index (χ3v) is 20.4. The molecule has 4 aliphatic heterocycles. The van der Waals surface area contributed by atoms with E-state index in [1.54, 1.807) is 0 Å². The number of hydrogen-bond acceptors (Lipinski definition) is 21. The summed E-state index contributed by atoms with van der Waals surface area (Å²) in [6.07, 6.45) is -19.6. The van der Waals surface area contributed by atoms with Gasteiger partial charge in [-0.1, -0.05) is 46.3 Å². The number of allylic oxidation sites excluding steroid dienone is 2. The third kappa shape index (κ3) is 10.4. The molecule has 0 bridgehead atoms. The smallest absolute Gasteiger partial charge is 0.187 e. The van der Waals surface area contributed by atoms with E-state index in [0.29, 0.717) is 19.3 Å². The van der Waals surface area contributed by atoms with Crippen LogP contribution in [0, 0.1) is 45.3 Å². The van der Waals surface area contributed by atoms with E-state index >= 15 is 0 Å². The van der Waals surface area contributed by atoms with Gasteiger partial charge in [-0.3, -0.25) is 0 Å². The number of rotatable bonds is 15. The predicted molar refractivity (Wildman–Crippen MR) is 259 cm³/mol. The van der Waals surface area contributed by atoms with E-state index in [0.717, 1.165) is 50.5 Å². The van der Waals surface area contributed by atoms with Crippen LogP contribution in [0.4, 0.5) is 0 Å². The molecule has 8 rings (SSSR count). The Balaban J connectivity index is 1.03. The number of hydrogen-bond donors (Lipinski definition) is 13. The molecule has 21 heteroatoms. The van der Waals surface area contributed by atoms with Gasteiger partial charge >= 0.3 is 0 Å². The second-order valence-corrected chi connectivity index (χ2v) is 25.1. The molecule has 428 valence electrons. The zero-order valence-corrected chi connectivity index (χ0v) is 44.4. The Morgan fingerprint density at radius 2 is 1.20 bits per heavy atom. The van der Waals surface area contributed by atoms with E-state index < -0.39 is 154 Å². The van der Waals surface area contributed by atoms with E-state index in [1.165, 1.54) is 6.92 Å². The zero-order chi connectivity index (χ0) is 54.2.